The minimum atomic E-state index is -4.57. The first-order valence-corrected chi connectivity index (χ1v) is 10.5. The van der Waals surface area contributed by atoms with Gasteiger partial charge in [0, 0.05) is 22.6 Å². The van der Waals surface area contributed by atoms with Gasteiger partial charge in [0.15, 0.2) is 0 Å². The fourth-order valence-electron chi connectivity index (χ4n) is 3.58. The molecular formula is C24H28F3N3O. The van der Waals surface area contributed by atoms with E-state index < -0.39 is 12.0 Å². The van der Waals surface area contributed by atoms with E-state index in [1.807, 2.05) is 0 Å². The number of nitrogens with zero attached hydrogens (tertiary/aromatic N) is 2. The molecule has 3 rings (SSSR count). The summed E-state index contributed by atoms with van der Waals surface area (Å²) in [5, 5.41) is 3.24. The highest BCUT2D eigenvalue weighted by Gasteiger charge is 2.43. The van der Waals surface area contributed by atoms with E-state index in [1.165, 1.54) is 20.0 Å². The highest BCUT2D eigenvalue weighted by atomic mass is 19.4. The van der Waals surface area contributed by atoms with Crippen LogP contribution < -0.4 is 15.0 Å². The molecule has 2 aromatic carbocycles. The quantitative estimate of drug-likeness (QED) is 0.427. The van der Waals surface area contributed by atoms with Crippen LogP contribution >= 0.6 is 0 Å². The second-order valence-electron chi connectivity index (χ2n) is 7.55. The van der Waals surface area contributed by atoms with E-state index in [9.17, 15) is 13.2 Å². The third-order valence-corrected chi connectivity index (χ3v) is 5.17. The number of rotatable bonds is 9. The molecule has 0 spiro atoms. The van der Waals surface area contributed by atoms with Gasteiger partial charge in [-0.15, -0.1) is 0 Å². The van der Waals surface area contributed by atoms with Gasteiger partial charge in [-0.05, 0) is 55.3 Å². The monoisotopic (exact) mass is 431 g/mol. The molecule has 31 heavy (non-hydrogen) atoms. The summed E-state index contributed by atoms with van der Waals surface area (Å²) in [5.41, 5.74) is 3.21. The largest absolute Gasteiger partial charge is 0.497 e. The zero-order chi connectivity index (χ0) is 22.4. The number of allylic oxidation sites excluding steroid dienone is 1. The van der Waals surface area contributed by atoms with Gasteiger partial charge in [0.25, 0.3) is 0 Å². The first-order valence-electron chi connectivity index (χ1n) is 10.5. The van der Waals surface area contributed by atoms with E-state index in [0.717, 1.165) is 35.5 Å². The SMILES string of the molecule is C=C(CCCCCC)Nc1ccc(N2C(C(F)(F)F)=NCc3cc(OC)ccc32)cc1. The molecule has 0 aliphatic carbocycles. The van der Waals surface area contributed by atoms with Crippen molar-refractivity contribution in [3.63, 3.8) is 0 Å². The Kier molecular flexibility index (Phi) is 7.25. The Morgan fingerprint density at radius 2 is 1.87 bits per heavy atom. The molecule has 1 aliphatic heterocycles. The zero-order valence-electron chi connectivity index (χ0n) is 17.9. The van der Waals surface area contributed by atoms with Gasteiger partial charge in [-0.1, -0.05) is 32.8 Å². The Bertz CT molecular complexity index is 936. The van der Waals surface area contributed by atoms with E-state index in [2.05, 4.69) is 23.8 Å². The number of hydrogen-bond donors (Lipinski definition) is 1. The van der Waals surface area contributed by atoms with Crippen molar-refractivity contribution in [1.82, 2.24) is 0 Å². The van der Waals surface area contributed by atoms with Crippen molar-refractivity contribution in [2.24, 2.45) is 4.99 Å². The maximum atomic E-state index is 13.7. The molecule has 1 N–H and O–H groups in total. The number of benzene rings is 2. The number of aliphatic imine (C=N–C) groups is 1. The van der Waals surface area contributed by atoms with Gasteiger partial charge in [0.1, 0.15) is 5.75 Å². The number of ether oxygens (including phenoxy) is 1. The van der Waals surface area contributed by atoms with Crippen LogP contribution in [0.2, 0.25) is 0 Å². The number of hydrogen-bond acceptors (Lipinski definition) is 4. The van der Waals surface area contributed by atoms with Crippen LogP contribution in [0.1, 0.15) is 44.6 Å². The topological polar surface area (TPSA) is 36.9 Å². The normalized spacial score (nSPS) is 13.5. The highest BCUT2D eigenvalue weighted by Crippen LogP contribution is 2.39. The summed E-state index contributed by atoms with van der Waals surface area (Å²) in [6.45, 7) is 6.17. The molecule has 0 saturated heterocycles. The van der Waals surface area contributed by atoms with Crippen molar-refractivity contribution < 1.29 is 17.9 Å². The third-order valence-electron chi connectivity index (χ3n) is 5.17. The molecule has 1 aliphatic rings. The summed E-state index contributed by atoms with van der Waals surface area (Å²) < 4.78 is 46.4. The van der Waals surface area contributed by atoms with Gasteiger partial charge in [0.2, 0.25) is 5.84 Å². The third kappa shape index (κ3) is 5.60. The number of halogens is 3. The molecule has 0 unspecified atom stereocenters. The molecule has 0 amide bonds. The maximum absolute atomic E-state index is 13.7. The molecule has 0 saturated carbocycles. The molecule has 0 atom stereocenters. The minimum absolute atomic E-state index is 0.0463. The summed E-state index contributed by atoms with van der Waals surface area (Å²) >= 11 is 0. The number of methoxy groups -OCH3 is 1. The minimum Gasteiger partial charge on any atom is -0.497 e. The number of alkyl halides is 3. The number of fused-ring (bicyclic) bond motifs is 1. The number of anilines is 3. The molecule has 4 nitrogen and oxygen atoms in total. The first-order chi connectivity index (χ1) is 14.8. The summed E-state index contributed by atoms with van der Waals surface area (Å²) in [6, 6.07) is 11.9. The van der Waals surface area contributed by atoms with E-state index in [-0.39, 0.29) is 6.54 Å². The van der Waals surface area contributed by atoms with Crippen molar-refractivity contribution in [2.45, 2.75) is 51.7 Å². The summed E-state index contributed by atoms with van der Waals surface area (Å²) in [5.74, 6) is -0.340. The van der Waals surface area contributed by atoms with E-state index >= 15 is 0 Å². The van der Waals surface area contributed by atoms with Crippen molar-refractivity contribution in [3.05, 3.63) is 60.3 Å². The summed E-state index contributed by atoms with van der Waals surface area (Å²) in [7, 11) is 1.52. The first kappa shape index (κ1) is 22.7. The molecule has 0 aromatic heterocycles. The van der Waals surface area contributed by atoms with E-state index in [4.69, 9.17) is 4.74 Å². The second kappa shape index (κ2) is 9.90. The lowest BCUT2D eigenvalue weighted by Gasteiger charge is -2.32. The standard InChI is InChI=1S/C24H28F3N3O/c1-4-5-6-7-8-17(2)29-19-9-11-20(12-10-19)30-22-14-13-21(31-3)15-18(22)16-28-23(30)24(25,26)27/h9-15,29H,2,4-8,16H2,1,3H3. The van der Waals surface area contributed by atoms with Gasteiger partial charge in [-0.25, -0.2) is 0 Å². The molecule has 1 heterocycles. The highest BCUT2D eigenvalue weighted by molar-refractivity contribution is 6.09. The summed E-state index contributed by atoms with van der Waals surface area (Å²) in [4.78, 5) is 4.98. The Labute approximate surface area is 181 Å². The van der Waals surface area contributed by atoms with Crippen molar-refractivity contribution in [2.75, 3.05) is 17.3 Å². The number of amidine groups is 1. The average Bonchev–Trinajstić information content (AvgIpc) is 2.75. The Balaban J connectivity index is 1.81. The van der Waals surface area contributed by atoms with Gasteiger partial charge in [0.05, 0.1) is 19.3 Å². The van der Waals surface area contributed by atoms with Crippen LogP contribution in [0, 0.1) is 0 Å². The fourth-order valence-corrected chi connectivity index (χ4v) is 3.58. The molecule has 0 bridgehead atoms. The molecule has 2 aromatic rings. The van der Waals surface area contributed by atoms with Crippen LogP contribution in [-0.4, -0.2) is 19.1 Å². The second-order valence-corrected chi connectivity index (χ2v) is 7.55. The predicted molar refractivity (Wildman–Crippen MR) is 120 cm³/mol. The van der Waals surface area contributed by atoms with Crippen LogP contribution in [0.25, 0.3) is 0 Å². The van der Waals surface area contributed by atoms with Crippen LogP contribution in [0.3, 0.4) is 0 Å². The predicted octanol–water partition coefficient (Wildman–Crippen LogP) is 7.20. The van der Waals surface area contributed by atoms with E-state index in [0.29, 0.717) is 22.7 Å². The fraction of sp³-hybridized carbons (Fsp3) is 0.375. The number of nitrogens with one attached hydrogen (secondary N) is 1. The Morgan fingerprint density at radius 3 is 2.52 bits per heavy atom. The van der Waals surface area contributed by atoms with E-state index in [1.54, 1.807) is 42.5 Å². The lowest BCUT2D eigenvalue weighted by Crippen LogP contribution is -2.40. The summed E-state index contributed by atoms with van der Waals surface area (Å²) in [6.07, 6.45) is 0.909. The van der Waals surface area contributed by atoms with Gasteiger partial charge in [-0.3, -0.25) is 9.89 Å². The molecule has 166 valence electrons. The lowest BCUT2D eigenvalue weighted by atomic mass is 10.1. The molecule has 0 radical (unpaired) electrons. The van der Waals surface area contributed by atoms with Crippen molar-refractivity contribution >= 4 is 22.9 Å². The smallest absolute Gasteiger partial charge is 0.449 e. The lowest BCUT2D eigenvalue weighted by molar-refractivity contribution is -0.0601. The van der Waals surface area contributed by atoms with Gasteiger partial charge >= 0.3 is 6.18 Å². The van der Waals surface area contributed by atoms with Crippen molar-refractivity contribution in [1.29, 1.82) is 0 Å². The van der Waals surface area contributed by atoms with Crippen molar-refractivity contribution in [3.8, 4) is 5.75 Å². The average molecular weight is 432 g/mol. The van der Waals surface area contributed by atoms with Gasteiger partial charge in [-0.2, -0.15) is 13.2 Å². The van der Waals surface area contributed by atoms with Crippen LogP contribution in [0.4, 0.5) is 30.2 Å². The Hall–Kier alpha value is -2.96. The number of unbranched alkanes of at least 4 members (excludes halogenated alkanes) is 3. The zero-order valence-corrected chi connectivity index (χ0v) is 17.9. The van der Waals surface area contributed by atoms with Gasteiger partial charge < -0.3 is 10.1 Å². The van der Waals surface area contributed by atoms with Crippen LogP contribution in [-0.2, 0) is 6.54 Å². The maximum Gasteiger partial charge on any atom is 0.449 e. The molecular weight excluding hydrogens is 403 g/mol. The molecule has 0 fully saturated rings. The van der Waals surface area contributed by atoms with Crippen LogP contribution in [0.15, 0.2) is 59.7 Å². The molecule has 7 heteroatoms. The Morgan fingerprint density at radius 1 is 1.13 bits per heavy atom. The van der Waals surface area contributed by atoms with Crippen LogP contribution in [0.5, 0.6) is 5.75 Å².